The van der Waals surface area contributed by atoms with Gasteiger partial charge in [-0.3, -0.25) is 14.4 Å². The average molecular weight is 196 g/mol. The van der Waals surface area contributed by atoms with Crippen LogP contribution in [0.25, 0.3) is 0 Å². The summed E-state index contributed by atoms with van der Waals surface area (Å²) in [5.41, 5.74) is 3.98. The van der Waals surface area contributed by atoms with Gasteiger partial charge in [0.2, 0.25) is 0 Å². The summed E-state index contributed by atoms with van der Waals surface area (Å²) in [7, 11) is 1.35. The van der Waals surface area contributed by atoms with Crippen LogP contribution in [0.5, 0.6) is 0 Å². The van der Waals surface area contributed by atoms with Crippen molar-refractivity contribution in [2.24, 2.45) is 0 Å². The van der Waals surface area contributed by atoms with Crippen molar-refractivity contribution in [3.63, 3.8) is 0 Å². The smallest absolute Gasteiger partial charge is 0.281 e. The molecule has 1 amide bonds. The minimum atomic E-state index is -0.729. The van der Waals surface area contributed by atoms with Crippen molar-refractivity contribution >= 4 is 18.0 Å². The number of nitrogens with zero attached hydrogens (tertiary/aromatic N) is 1. The third-order valence-corrected chi connectivity index (χ3v) is 1.53. The van der Waals surface area contributed by atoms with Gasteiger partial charge < -0.3 is 16.0 Å². The molecule has 0 atom stereocenters. The number of hydrogen-bond acceptors (Lipinski definition) is 5. The molecule has 0 bridgehead atoms. The molecule has 0 aliphatic carbocycles. The van der Waals surface area contributed by atoms with Crippen molar-refractivity contribution in [3.8, 4) is 0 Å². The lowest BCUT2D eigenvalue weighted by molar-refractivity contribution is 0.0956. The summed E-state index contributed by atoms with van der Waals surface area (Å²) in [5, 5.41) is 2.21. The molecule has 0 saturated heterocycles. The number of carbonyl (C=O) groups is 2. The lowest BCUT2D eigenvalue weighted by atomic mass is 10.3. The van der Waals surface area contributed by atoms with Crippen LogP contribution in [0.4, 0.5) is 5.82 Å². The predicted molar refractivity (Wildman–Crippen MR) is 48.0 cm³/mol. The molecule has 7 nitrogen and oxygen atoms in total. The summed E-state index contributed by atoms with van der Waals surface area (Å²) >= 11 is 0. The van der Waals surface area contributed by atoms with Gasteiger partial charge in [0, 0.05) is 7.05 Å². The van der Waals surface area contributed by atoms with Gasteiger partial charge in [-0.1, -0.05) is 0 Å². The van der Waals surface area contributed by atoms with Gasteiger partial charge in [-0.2, -0.15) is 0 Å². The molecular formula is C7H8N4O3. The number of carbonyl (C=O) groups excluding carboxylic acids is 2. The summed E-state index contributed by atoms with van der Waals surface area (Å²) in [6.45, 7) is 0. The minimum Gasteiger partial charge on any atom is -0.383 e. The van der Waals surface area contributed by atoms with E-state index in [0.717, 1.165) is 0 Å². The Morgan fingerprint density at radius 3 is 2.79 bits per heavy atom. The molecule has 74 valence electrons. The highest BCUT2D eigenvalue weighted by Crippen LogP contribution is 1.98. The summed E-state index contributed by atoms with van der Waals surface area (Å²) in [5.74, 6) is -0.827. The molecule has 4 N–H and O–H groups in total. The molecule has 1 aromatic rings. The molecule has 0 unspecified atom stereocenters. The topological polar surface area (TPSA) is 118 Å². The van der Waals surface area contributed by atoms with Gasteiger partial charge in [-0.05, 0) is 0 Å². The number of aldehydes is 1. The van der Waals surface area contributed by atoms with Gasteiger partial charge in [0.1, 0.15) is 11.5 Å². The van der Waals surface area contributed by atoms with Crippen molar-refractivity contribution in [1.82, 2.24) is 15.3 Å². The van der Waals surface area contributed by atoms with Gasteiger partial charge >= 0.3 is 0 Å². The van der Waals surface area contributed by atoms with Gasteiger partial charge in [0.25, 0.3) is 11.5 Å². The highest BCUT2D eigenvalue weighted by atomic mass is 16.2. The maximum atomic E-state index is 11.1. The summed E-state index contributed by atoms with van der Waals surface area (Å²) < 4.78 is 0. The standard InChI is InChI=1S/C7H8N4O3/c1-9-6(13)4-7(14)11-5(8)3(2-12)10-4/h2H,1H3,(H,9,13)(H3,8,11,14). The quantitative estimate of drug-likeness (QED) is 0.499. The van der Waals surface area contributed by atoms with Gasteiger partial charge in [0.05, 0.1) is 0 Å². The molecule has 0 radical (unpaired) electrons. The molecule has 0 aliphatic rings. The van der Waals surface area contributed by atoms with E-state index in [1.165, 1.54) is 7.05 Å². The Hall–Kier alpha value is -2.18. The number of nitrogen functional groups attached to an aromatic ring is 1. The van der Waals surface area contributed by atoms with Gasteiger partial charge in [0.15, 0.2) is 12.0 Å². The number of nitrogens with two attached hydrogens (primary N) is 1. The van der Waals surface area contributed by atoms with Crippen LogP contribution >= 0.6 is 0 Å². The Kier molecular flexibility index (Phi) is 2.61. The number of rotatable bonds is 2. The van der Waals surface area contributed by atoms with Crippen LogP contribution in [-0.2, 0) is 0 Å². The van der Waals surface area contributed by atoms with E-state index < -0.39 is 11.5 Å². The van der Waals surface area contributed by atoms with Crippen LogP contribution in [0.15, 0.2) is 4.79 Å². The fourth-order valence-corrected chi connectivity index (χ4v) is 0.839. The number of aromatic nitrogens is 2. The third-order valence-electron chi connectivity index (χ3n) is 1.53. The van der Waals surface area contributed by atoms with E-state index in [1.54, 1.807) is 0 Å². The second kappa shape index (κ2) is 3.69. The van der Waals surface area contributed by atoms with E-state index in [0.29, 0.717) is 6.29 Å². The number of hydrogen-bond donors (Lipinski definition) is 3. The minimum absolute atomic E-state index is 0.155. The Balaban J connectivity index is 3.38. The zero-order chi connectivity index (χ0) is 10.7. The molecule has 1 aromatic heterocycles. The van der Waals surface area contributed by atoms with Crippen LogP contribution < -0.4 is 16.6 Å². The number of amides is 1. The highest BCUT2D eigenvalue weighted by molar-refractivity contribution is 5.93. The highest BCUT2D eigenvalue weighted by Gasteiger charge is 2.13. The monoisotopic (exact) mass is 196 g/mol. The first-order chi connectivity index (χ1) is 6.60. The second-order valence-corrected chi connectivity index (χ2v) is 2.41. The fourth-order valence-electron chi connectivity index (χ4n) is 0.839. The molecule has 0 spiro atoms. The number of H-pyrrole nitrogens is 1. The zero-order valence-corrected chi connectivity index (χ0v) is 7.33. The summed E-state index contributed by atoms with van der Waals surface area (Å²) in [6, 6.07) is 0. The van der Waals surface area contributed by atoms with Crippen molar-refractivity contribution in [2.75, 3.05) is 12.8 Å². The van der Waals surface area contributed by atoms with Crippen LogP contribution in [0.3, 0.4) is 0 Å². The Bertz CT molecular complexity index is 437. The van der Waals surface area contributed by atoms with E-state index in [1.807, 2.05) is 0 Å². The molecule has 0 saturated carbocycles. The normalized spacial score (nSPS) is 9.50. The van der Waals surface area contributed by atoms with E-state index in [2.05, 4.69) is 15.3 Å². The molecule has 1 rings (SSSR count). The summed E-state index contributed by atoms with van der Waals surface area (Å²) in [6.07, 6.45) is 0.359. The zero-order valence-electron chi connectivity index (χ0n) is 7.33. The molecule has 7 heteroatoms. The first kappa shape index (κ1) is 9.90. The molecule has 0 aromatic carbocycles. The van der Waals surface area contributed by atoms with Crippen LogP contribution in [0.2, 0.25) is 0 Å². The lowest BCUT2D eigenvalue weighted by Gasteiger charge is -2.00. The largest absolute Gasteiger partial charge is 0.383 e. The Morgan fingerprint density at radius 1 is 1.64 bits per heavy atom. The van der Waals surface area contributed by atoms with E-state index in [4.69, 9.17) is 5.73 Å². The maximum absolute atomic E-state index is 11.1. The van der Waals surface area contributed by atoms with Crippen LogP contribution in [-0.4, -0.2) is 29.2 Å². The van der Waals surface area contributed by atoms with E-state index >= 15 is 0 Å². The predicted octanol–water partition coefficient (Wildman–Crippen LogP) is -1.48. The van der Waals surface area contributed by atoms with Gasteiger partial charge in [-0.25, -0.2) is 4.98 Å². The lowest BCUT2D eigenvalue weighted by Crippen LogP contribution is -2.29. The third kappa shape index (κ3) is 1.60. The van der Waals surface area contributed by atoms with Crippen molar-refractivity contribution in [2.45, 2.75) is 0 Å². The molecule has 0 aliphatic heterocycles. The first-order valence-corrected chi connectivity index (χ1v) is 3.67. The van der Waals surface area contributed by atoms with Gasteiger partial charge in [-0.15, -0.1) is 0 Å². The molecule has 0 fully saturated rings. The Morgan fingerprint density at radius 2 is 2.29 bits per heavy atom. The molecular weight excluding hydrogens is 188 g/mol. The van der Waals surface area contributed by atoms with Crippen molar-refractivity contribution in [3.05, 3.63) is 21.7 Å². The van der Waals surface area contributed by atoms with Crippen LogP contribution in [0.1, 0.15) is 21.0 Å². The fraction of sp³-hybridized carbons (Fsp3) is 0.143. The summed E-state index contributed by atoms with van der Waals surface area (Å²) in [4.78, 5) is 38.3. The maximum Gasteiger partial charge on any atom is 0.281 e. The van der Waals surface area contributed by atoms with Crippen molar-refractivity contribution in [1.29, 1.82) is 0 Å². The molecule has 14 heavy (non-hydrogen) atoms. The van der Waals surface area contributed by atoms with E-state index in [9.17, 15) is 14.4 Å². The Labute approximate surface area is 78.3 Å². The van der Waals surface area contributed by atoms with E-state index in [-0.39, 0.29) is 17.2 Å². The SMILES string of the molecule is CNC(=O)c1nc(C=O)c(N)[nH]c1=O. The number of anilines is 1. The first-order valence-electron chi connectivity index (χ1n) is 3.67. The van der Waals surface area contributed by atoms with Crippen molar-refractivity contribution < 1.29 is 9.59 Å². The molecule has 1 heterocycles. The van der Waals surface area contributed by atoms with Crippen LogP contribution in [0, 0.1) is 0 Å². The second-order valence-electron chi connectivity index (χ2n) is 2.41. The number of nitrogens with one attached hydrogen (secondary N) is 2. The number of aromatic amines is 1. The average Bonchev–Trinajstić information content (AvgIpc) is 2.17.